The van der Waals surface area contributed by atoms with Gasteiger partial charge in [-0.15, -0.1) is 6.42 Å². The summed E-state index contributed by atoms with van der Waals surface area (Å²) in [4.78, 5) is 0. The number of hydrogen-bond acceptors (Lipinski definition) is 3. The molecule has 0 aromatic heterocycles. The predicted molar refractivity (Wildman–Crippen MR) is 76.2 cm³/mol. The molecular weight excluding hydrogens is 244 g/mol. The zero-order chi connectivity index (χ0) is 14.0. The van der Waals surface area contributed by atoms with Crippen LogP contribution in [-0.4, -0.2) is 38.8 Å². The van der Waals surface area contributed by atoms with Crippen LogP contribution in [0.4, 0.5) is 0 Å². The molecule has 2 atom stereocenters. The molecule has 1 N–H and O–H groups in total. The second-order valence-electron chi connectivity index (χ2n) is 6.94. The van der Waals surface area contributed by atoms with Crippen molar-refractivity contribution in [2.45, 2.75) is 69.8 Å². The Balaban J connectivity index is 2.65. The smallest absolute Gasteiger partial charge is 0.167 e. The maximum absolute atomic E-state index is 10.2. The highest BCUT2D eigenvalue weighted by molar-refractivity contribution is 6.31. The van der Waals surface area contributed by atoms with Crippen molar-refractivity contribution in [3.05, 3.63) is 0 Å². The van der Waals surface area contributed by atoms with Crippen LogP contribution < -0.4 is 0 Å². The summed E-state index contributed by atoms with van der Waals surface area (Å²) < 4.78 is 11.9. The second kappa shape index (κ2) is 5.34. The molecule has 0 amide bonds. The molecule has 0 aliphatic carbocycles. The minimum Gasteiger partial charge on any atom is -0.416 e. The van der Waals surface area contributed by atoms with Gasteiger partial charge in [0.15, 0.2) is 9.76 Å². The van der Waals surface area contributed by atoms with Crippen molar-refractivity contribution in [3.8, 4) is 12.3 Å². The Bertz CT molecular complexity index is 327. The maximum Gasteiger partial charge on any atom is 0.167 e. The van der Waals surface area contributed by atoms with E-state index in [2.05, 4.69) is 26.7 Å². The van der Waals surface area contributed by atoms with E-state index in [4.69, 9.17) is 15.6 Å². The highest BCUT2D eigenvalue weighted by atomic mass is 28.2. The summed E-state index contributed by atoms with van der Waals surface area (Å²) >= 11 is 0. The quantitative estimate of drug-likeness (QED) is 0.626. The molecule has 1 heterocycles. The van der Waals surface area contributed by atoms with Gasteiger partial charge in [0.05, 0.1) is 18.3 Å². The average Bonchev–Trinajstić information content (AvgIpc) is 2.26. The minimum atomic E-state index is -1.03. The van der Waals surface area contributed by atoms with Gasteiger partial charge in [-0.05, 0) is 18.9 Å². The molecule has 4 heteroatoms. The van der Waals surface area contributed by atoms with Crippen LogP contribution in [0.5, 0.6) is 0 Å². The molecule has 0 aromatic carbocycles. The fraction of sp³-hybridized carbons (Fsp3) is 0.857. The molecule has 1 aliphatic rings. The van der Waals surface area contributed by atoms with Gasteiger partial charge in [-0.2, -0.15) is 0 Å². The Hall–Kier alpha value is -0.343. The summed E-state index contributed by atoms with van der Waals surface area (Å²) in [5, 5.41) is 10.4. The van der Waals surface area contributed by atoms with Gasteiger partial charge in [0, 0.05) is 12.8 Å². The maximum atomic E-state index is 10.2. The standard InChI is InChI=1S/C14H26O3Si/c1-7-14(15)8-9-16-11(10-14)13(5,6)17-18-12(2,3)4/h1,11,15H,8-10,18H2,2-6H3. The molecule has 18 heavy (non-hydrogen) atoms. The van der Waals surface area contributed by atoms with Crippen LogP contribution in [0.2, 0.25) is 5.04 Å². The Kier molecular flexibility index (Phi) is 4.66. The third-order valence-corrected chi connectivity index (χ3v) is 5.03. The third-order valence-electron chi connectivity index (χ3n) is 3.28. The molecule has 104 valence electrons. The highest BCUT2D eigenvalue weighted by Gasteiger charge is 2.41. The Morgan fingerprint density at radius 2 is 2.00 bits per heavy atom. The van der Waals surface area contributed by atoms with Crippen LogP contribution in [0.15, 0.2) is 0 Å². The van der Waals surface area contributed by atoms with Gasteiger partial charge in [-0.25, -0.2) is 0 Å². The lowest BCUT2D eigenvalue weighted by atomic mass is 9.85. The molecule has 0 saturated carbocycles. The molecule has 1 fully saturated rings. The zero-order valence-corrected chi connectivity index (χ0v) is 13.7. The first-order chi connectivity index (χ1) is 8.08. The minimum absolute atomic E-state index is 0.137. The van der Waals surface area contributed by atoms with E-state index in [0.29, 0.717) is 19.4 Å². The molecule has 1 saturated heterocycles. The first-order valence-corrected chi connectivity index (χ1v) is 7.82. The van der Waals surface area contributed by atoms with E-state index in [1.54, 1.807) is 0 Å². The highest BCUT2D eigenvalue weighted by Crippen LogP contribution is 2.33. The van der Waals surface area contributed by atoms with Crippen LogP contribution in [0.25, 0.3) is 0 Å². The lowest BCUT2D eigenvalue weighted by Gasteiger charge is -2.42. The topological polar surface area (TPSA) is 38.7 Å². The average molecular weight is 270 g/mol. The summed E-state index contributed by atoms with van der Waals surface area (Å²) in [6.45, 7) is 11.1. The lowest BCUT2D eigenvalue weighted by molar-refractivity contribution is -0.140. The molecule has 1 rings (SSSR count). The lowest BCUT2D eigenvalue weighted by Crippen LogP contribution is -2.51. The monoisotopic (exact) mass is 270 g/mol. The molecule has 1 aliphatic heterocycles. The third kappa shape index (κ3) is 4.40. The van der Waals surface area contributed by atoms with Gasteiger partial charge < -0.3 is 14.3 Å². The Morgan fingerprint density at radius 1 is 1.39 bits per heavy atom. The van der Waals surface area contributed by atoms with Crippen molar-refractivity contribution < 1.29 is 14.3 Å². The number of hydrogen-bond donors (Lipinski definition) is 1. The van der Waals surface area contributed by atoms with Crippen LogP contribution >= 0.6 is 0 Å². The van der Waals surface area contributed by atoms with E-state index >= 15 is 0 Å². The van der Waals surface area contributed by atoms with E-state index in [1.807, 2.05) is 13.8 Å². The molecule has 0 radical (unpaired) electrons. The summed E-state index contributed by atoms with van der Waals surface area (Å²) in [7, 11) is -0.655. The first-order valence-electron chi connectivity index (χ1n) is 6.54. The van der Waals surface area contributed by atoms with Gasteiger partial charge >= 0.3 is 0 Å². The fourth-order valence-electron chi connectivity index (χ4n) is 1.91. The molecule has 2 unspecified atom stereocenters. The largest absolute Gasteiger partial charge is 0.416 e. The van der Waals surface area contributed by atoms with E-state index in [9.17, 15) is 5.11 Å². The molecule has 0 bridgehead atoms. The van der Waals surface area contributed by atoms with E-state index < -0.39 is 15.4 Å². The van der Waals surface area contributed by atoms with Gasteiger partial charge in [0.2, 0.25) is 0 Å². The normalized spacial score (nSPS) is 30.6. The van der Waals surface area contributed by atoms with Crippen LogP contribution in [0.1, 0.15) is 47.5 Å². The van der Waals surface area contributed by atoms with E-state index in [-0.39, 0.29) is 16.7 Å². The summed E-state index contributed by atoms with van der Waals surface area (Å²) in [5.41, 5.74) is -1.42. The second-order valence-corrected chi connectivity index (χ2v) is 9.64. The molecule has 0 aromatic rings. The fourth-order valence-corrected chi connectivity index (χ4v) is 2.90. The SMILES string of the molecule is C#CC1(O)CCOC(C(C)(C)O[SiH2]C(C)(C)C)C1. The summed E-state index contributed by atoms with van der Waals surface area (Å²) in [6.07, 6.45) is 6.22. The zero-order valence-electron chi connectivity index (χ0n) is 12.2. The van der Waals surface area contributed by atoms with Crippen molar-refractivity contribution in [1.29, 1.82) is 0 Å². The number of rotatable bonds is 3. The van der Waals surface area contributed by atoms with Gasteiger partial charge in [-0.3, -0.25) is 0 Å². The van der Waals surface area contributed by atoms with Crippen molar-refractivity contribution in [3.63, 3.8) is 0 Å². The molecule has 0 spiro atoms. The van der Waals surface area contributed by atoms with Gasteiger partial charge in [-0.1, -0.05) is 26.7 Å². The van der Waals surface area contributed by atoms with Crippen LogP contribution in [0.3, 0.4) is 0 Å². The Morgan fingerprint density at radius 3 is 2.50 bits per heavy atom. The summed E-state index contributed by atoms with van der Waals surface area (Å²) in [6, 6.07) is 0. The van der Waals surface area contributed by atoms with Gasteiger partial charge in [0.25, 0.3) is 0 Å². The van der Waals surface area contributed by atoms with E-state index in [0.717, 1.165) is 0 Å². The predicted octanol–water partition coefficient (Wildman–Crippen LogP) is 1.63. The number of aliphatic hydroxyl groups is 1. The van der Waals surface area contributed by atoms with Crippen molar-refractivity contribution in [2.75, 3.05) is 6.61 Å². The van der Waals surface area contributed by atoms with Gasteiger partial charge in [0.1, 0.15) is 5.60 Å². The summed E-state index contributed by atoms with van der Waals surface area (Å²) in [5.74, 6) is 2.49. The Labute approximate surface area is 113 Å². The van der Waals surface area contributed by atoms with Crippen LogP contribution in [-0.2, 0) is 9.16 Å². The molecule has 3 nitrogen and oxygen atoms in total. The number of ether oxygens (including phenoxy) is 1. The molecular formula is C14H26O3Si. The van der Waals surface area contributed by atoms with Crippen molar-refractivity contribution >= 4 is 9.76 Å². The van der Waals surface area contributed by atoms with Crippen molar-refractivity contribution in [1.82, 2.24) is 0 Å². The van der Waals surface area contributed by atoms with Crippen LogP contribution in [0, 0.1) is 12.3 Å². The van der Waals surface area contributed by atoms with E-state index in [1.165, 1.54) is 0 Å². The van der Waals surface area contributed by atoms with Crippen molar-refractivity contribution in [2.24, 2.45) is 0 Å². The first kappa shape index (κ1) is 15.7. The number of terminal acetylenes is 1.